The van der Waals surface area contributed by atoms with Gasteiger partial charge < -0.3 is 4.74 Å². The maximum absolute atomic E-state index is 12.3. The van der Waals surface area contributed by atoms with E-state index in [1.165, 1.54) is 31.4 Å². The standard InChI is InChI=1S/C16H15NO6S/c1-11-3-6-13(7-4-11)24(21,22)10-15(18)12-5-8-16(23-2)14(9-12)17(19)20/h3-9H,10H2,1-2H3. The molecule has 0 saturated heterocycles. The van der Waals surface area contributed by atoms with Gasteiger partial charge in [-0.25, -0.2) is 8.42 Å². The molecule has 0 aliphatic rings. The molecule has 8 heteroatoms. The molecular weight excluding hydrogens is 334 g/mol. The summed E-state index contributed by atoms with van der Waals surface area (Å²) < 4.78 is 29.4. The Bertz CT molecular complexity index is 887. The minimum absolute atomic E-state index is 0.00191. The van der Waals surface area contributed by atoms with E-state index in [0.717, 1.165) is 11.6 Å². The van der Waals surface area contributed by atoms with Gasteiger partial charge in [-0.3, -0.25) is 14.9 Å². The molecule has 0 heterocycles. The topological polar surface area (TPSA) is 104 Å². The molecule has 7 nitrogen and oxygen atoms in total. The minimum Gasteiger partial charge on any atom is -0.490 e. The van der Waals surface area contributed by atoms with Gasteiger partial charge in [0.2, 0.25) is 0 Å². The first-order valence-electron chi connectivity index (χ1n) is 6.89. The van der Waals surface area contributed by atoms with E-state index in [-0.39, 0.29) is 16.2 Å². The molecule has 0 spiro atoms. The molecule has 24 heavy (non-hydrogen) atoms. The number of aryl methyl sites for hydroxylation is 1. The summed E-state index contributed by atoms with van der Waals surface area (Å²) in [6, 6.07) is 9.71. The van der Waals surface area contributed by atoms with Gasteiger partial charge in [0.15, 0.2) is 21.4 Å². The van der Waals surface area contributed by atoms with Crippen LogP contribution in [0.4, 0.5) is 5.69 Å². The van der Waals surface area contributed by atoms with Crippen molar-refractivity contribution in [3.63, 3.8) is 0 Å². The van der Waals surface area contributed by atoms with Gasteiger partial charge in [0.25, 0.3) is 0 Å². The molecular formula is C16H15NO6S. The number of carbonyl (C=O) groups is 1. The van der Waals surface area contributed by atoms with Crippen molar-refractivity contribution in [3.05, 3.63) is 63.7 Å². The Balaban J connectivity index is 2.31. The zero-order chi connectivity index (χ0) is 17.9. The number of benzene rings is 2. The van der Waals surface area contributed by atoms with Gasteiger partial charge in [0.1, 0.15) is 5.75 Å². The van der Waals surface area contributed by atoms with Crippen LogP contribution in [0.25, 0.3) is 0 Å². The van der Waals surface area contributed by atoms with Crippen molar-refractivity contribution in [2.24, 2.45) is 0 Å². The van der Waals surface area contributed by atoms with E-state index in [1.54, 1.807) is 12.1 Å². The fourth-order valence-electron chi connectivity index (χ4n) is 2.09. The maximum Gasteiger partial charge on any atom is 0.311 e. The molecule has 0 unspecified atom stereocenters. The highest BCUT2D eigenvalue weighted by molar-refractivity contribution is 7.92. The zero-order valence-corrected chi connectivity index (χ0v) is 13.9. The number of rotatable bonds is 6. The maximum atomic E-state index is 12.3. The second-order valence-electron chi connectivity index (χ2n) is 5.14. The minimum atomic E-state index is -3.82. The van der Waals surface area contributed by atoms with Crippen LogP contribution in [0.3, 0.4) is 0 Å². The van der Waals surface area contributed by atoms with Crippen molar-refractivity contribution in [1.82, 2.24) is 0 Å². The quantitative estimate of drug-likeness (QED) is 0.451. The Morgan fingerprint density at radius 1 is 1.17 bits per heavy atom. The van der Waals surface area contributed by atoms with Crippen LogP contribution < -0.4 is 4.74 Å². The van der Waals surface area contributed by atoms with E-state index >= 15 is 0 Å². The van der Waals surface area contributed by atoms with Crippen LogP contribution in [-0.4, -0.2) is 32.0 Å². The van der Waals surface area contributed by atoms with Crippen molar-refractivity contribution >= 4 is 21.3 Å². The molecule has 0 amide bonds. The van der Waals surface area contributed by atoms with Crippen LogP contribution in [-0.2, 0) is 9.84 Å². The van der Waals surface area contributed by atoms with Crippen molar-refractivity contribution in [2.45, 2.75) is 11.8 Å². The van der Waals surface area contributed by atoms with Crippen molar-refractivity contribution in [2.75, 3.05) is 12.9 Å². The number of hydrogen-bond acceptors (Lipinski definition) is 6. The highest BCUT2D eigenvalue weighted by Crippen LogP contribution is 2.28. The molecule has 0 aliphatic heterocycles. The highest BCUT2D eigenvalue weighted by Gasteiger charge is 2.23. The third-order valence-corrected chi connectivity index (χ3v) is 5.03. The van der Waals surface area contributed by atoms with E-state index in [4.69, 9.17) is 4.74 Å². The van der Waals surface area contributed by atoms with Crippen molar-refractivity contribution < 1.29 is 22.9 Å². The van der Waals surface area contributed by atoms with Crippen LogP contribution in [0.5, 0.6) is 5.75 Å². The molecule has 0 atom stereocenters. The molecule has 0 saturated carbocycles. The van der Waals surface area contributed by atoms with Crippen LogP contribution in [0.15, 0.2) is 47.4 Å². The summed E-state index contributed by atoms with van der Waals surface area (Å²) >= 11 is 0. The Labute approximate surface area is 139 Å². The number of Topliss-reactive ketones (excluding diaryl/α,β-unsaturated/α-hetero) is 1. The number of methoxy groups -OCH3 is 1. The number of ketones is 1. The fourth-order valence-corrected chi connectivity index (χ4v) is 3.32. The predicted octanol–water partition coefficient (Wildman–Crippen LogP) is 2.57. The average Bonchev–Trinajstić information content (AvgIpc) is 2.54. The van der Waals surface area contributed by atoms with Crippen LogP contribution in [0.2, 0.25) is 0 Å². The fraction of sp³-hybridized carbons (Fsp3) is 0.188. The van der Waals surface area contributed by atoms with Gasteiger partial charge in [0.05, 0.1) is 16.9 Å². The SMILES string of the molecule is COc1ccc(C(=O)CS(=O)(=O)c2ccc(C)cc2)cc1[N+](=O)[O-]. The Morgan fingerprint density at radius 2 is 1.79 bits per heavy atom. The molecule has 0 fully saturated rings. The summed E-state index contributed by atoms with van der Waals surface area (Å²) in [4.78, 5) is 22.6. The predicted molar refractivity (Wildman–Crippen MR) is 87.2 cm³/mol. The van der Waals surface area contributed by atoms with Crippen LogP contribution >= 0.6 is 0 Å². The number of ether oxygens (including phenoxy) is 1. The van der Waals surface area contributed by atoms with Gasteiger partial charge in [-0.1, -0.05) is 17.7 Å². The first-order chi connectivity index (χ1) is 11.2. The Morgan fingerprint density at radius 3 is 2.33 bits per heavy atom. The van der Waals surface area contributed by atoms with E-state index in [2.05, 4.69) is 0 Å². The zero-order valence-electron chi connectivity index (χ0n) is 13.1. The van der Waals surface area contributed by atoms with Crippen molar-refractivity contribution in [1.29, 1.82) is 0 Å². The summed E-state index contributed by atoms with van der Waals surface area (Å²) in [6.07, 6.45) is 0. The average molecular weight is 349 g/mol. The molecule has 0 N–H and O–H groups in total. The van der Waals surface area contributed by atoms with E-state index in [9.17, 15) is 23.3 Å². The van der Waals surface area contributed by atoms with Gasteiger partial charge in [-0.05, 0) is 31.2 Å². The van der Waals surface area contributed by atoms with E-state index in [1.807, 2.05) is 6.92 Å². The number of sulfone groups is 1. The van der Waals surface area contributed by atoms with Gasteiger partial charge in [0, 0.05) is 11.6 Å². The summed E-state index contributed by atoms with van der Waals surface area (Å²) in [5.74, 6) is -1.49. The Hall–Kier alpha value is -2.74. The van der Waals surface area contributed by atoms with E-state index < -0.39 is 32.0 Å². The number of nitrogens with zero attached hydrogens (tertiary/aromatic N) is 1. The molecule has 0 radical (unpaired) electrons. The third-order valence-electron chi connectivity index (χ3n) is 3.40. The molecule has 2 aromatic carbocycles. The van der Waals surface area contributed by atoms with Crippen LogP contribution in [0, 0.1) is 17.0 Å². The summed E-state index contributed by atoms with van der Waals surface area (Å²) in [5.41, 5.74) is 0.445. The summed E-state index contributed by atoms with van der Waals surface area (Å²) in [7, 11) is -2.55. The first-order valence-corrected chi connectivity index (χ1v) is 8.55. The highest BCUT2D eigenvalue weighted by atomic mass is 32.2. The lowest BCUT2D eigenvalue weighted by molar-refractivity contribution is -0.385. The number of nitro groups is 1. The monoisotopic (exact) mass is 349 g/mol. The second-order valence-corrected chi connectivity index (χ2v) is 7.13. The number of nitro benzene ring substituents is 1. The van der Waals surface area contributed by atoms with E-state index in [0.29, 0.717) is 0 Å². The Kier molecular flexibility index (Phi) is 4.99. The van der Waals surface area contributed by atoms with Crippen molar-refractivity contribution in [3.8, 4) is 5.75 Å². The largest absolute Gasteiger partial charge is 0.490 e. The normalized spacial score (nSPS) is 11.1. The van der Waals surface area contributed by atoms with Gasteiger partial charge >= 0.3 is 5.69 Å². The smallest absolute Gasteiger partial charge is 0.311 e. The molecule has 0 bridgehead atoms. The lowest BCUT2D eigenvalue weighted by Gasteiger charge is -2.06. The molecule has 2 aromatic rings. The lowest BCUT2D eigenvalue weighted by atomic mass is 10.1. The number of carbonyl (C=O) groups excluding carboxylic acids is 1. The third kappa shape index (κ3) is 3.77. The lowest BCUT2D eigenvalue weighted by Crippen LogP contribution is -2.16. The molecule has 2 rings (SSSR count). The van der Waals surface area contributed by atoms with Gasteiger partial charge in [-0.2, -0.15) is 0 Å². The first kappa shape index (κ1) is 17.6. The summed E-state index contributed by atoms with van der Waals surface area (Å²) in [6.45, 7) is 1.82. The summed E-state index contributed by atoms with van der Waals surface area (Å²) in [5, 5.41) is 11.0. The molecule has 0 aromatic heterocycles. The second kappa shape index (κ2) is 6.79. The van der Waals surface area contributed by atoms with Gasteiger partial charge in [-0.15, -0.1) is 0 Å². The number of hydrogen-bond donors (Lipinski definition) is 0. The molecule has 126 valence electrons. The van der Waals surface area contributed by atoms with Crippen LogP contribution in [0.1, 0.15) is 15.9 Å². The molecule has 0 aliphatic carbocycles.